The van der Waals surface area contributed by atoms with Crippen molar-refractivity contribution in [2.24, 2.45) is 16.7 Å². The molecule has 6 nitrogen and oxygen atoms in total. The Balaban J connectivity index is 2.16. The Bertz CT molecular complexity index is 466. The van der Waals surface area contributed by atoms with Crippen molar-refractivity contribution in [2.45, 2.75) is 91.1 Å². The normalized spacial score (nSPS) is 39.4. The van der Waals surface area contributed by atoms with E-state index < -0.39 is 11.6 Å². The van der Waals surface area contributed by atoms with Gasteiger partial charge in [0.25, 0.3) is 0 Å². The van der Waals surface area contributed by atoms with Crippen LogP contribution in [0.4, 0.5) is 0 Å². The molecular formula is C23H44O6. The van der Waals surface area contributed by atoms with E-state index in [1.54, 1.807) is 0 Å². The Morgan fingerprint density at radius 3 is 1.55 bits per heavy atom. The molecule has 6 heteroatoms. The lowest BCUT2D eigenvalue weighted by molar-refractivity contribution is -0.359. The standard InChI is InChI=1S/C23H44O6/c1-6-11-22(26-15-20(8-3,13-24)16-27-22)12-19(7-2)23(10-5)28-17-21(9-4,14-25)18-29-23/h19,24-25H,6-18H2,1-5H3/t19-,20?,21?,22?,23?/m0/s1. The van der Waals surface area contributed by atoms with Crippen LogP contribution in [-0.2, 0) is 18.9 Å². The summed E-state index contributed by atoms with van der Waals surface area (Å²) in [6.07, 6.45) is 5.76. The highest BCUT2D eigenvalue weighted by molar-refractivity contribution is 4.92. The third-order valence-corrected chi connectivity index (χ3v) is 7.49. The molecule has 2 fully saturated rings. The number of ether oxygens (including phenoxy) is 4. The van der Waals surface area contributed by atoms with Crippen LogP contribution in [0, 0.1) is 16.7 Å². The van der Waals surface area contributed by atoms with Crippen LogP contribution >= 0.6 is 0 Å². The summed E-state index contributed by atoms with van der Waals surface area (Å²) in [7, 11) is 0. The Labute approximate surface area is 177 Å². The first-order valence-electron chi connectivity index (χ1n) is 11.6. The van der Waals surface area contributed by atoms with Crippen LogP contribution in [0.2, 0.25) is 0 Å². The molecule has 29 heavy (non-hydrogen) atoms. The molecule has 2 saturated heterocycles. The second-order valence-electron chi connectivity index (χ2n) is 9.31. The van der Waals surface area contributed by atoms with Gasteiger partial charge in [0.1, 0.15) is 0 Å². The van der Waals surface area contributed by atoms with E-state index in [9.17, 15) is 10.2 Å². The van der Waals surface area contributed by atoms with Gasteiger partial charge < -0.3 is 29.2 Å². The highest BCUT2D eigenvalue weighted by Crippen LogP contribution is 2.46. The van der Waals surface area contributed by atoms with E-state index in [0.717, 1.165) is 38.5 Å². The Kier molecular flexibility index (Phi) is 8.96. The van der Waals surface area contributed by atoms with E-state index in [1.165, 1.54) is 0 Å². The maximum Gasteiger partial charge on any atom is 0.171 e. The van der Waals surface area contributed by atoms with Crippen LogP contribution in [0.1, 0.15) is 79.6 Å². The Morgan fingerprint density at radius 2 is 1.21 bits per heavy atom. The predicted octanol–water partition coefficient (Wildman–Crippen LogP) is 3.88. The van der Waals surface area contributed by atoms with Crippen molar-refractivity contribution in [1.82, 2.24) is 0 Å². The topological polar surface area (TPSA) is 77.4 Å². The summed E-state index contributed by atoms with van der Waals surface area (Å²) in [4.78, 5) is 0. The minimum atomic E-state index is -0.674. The van der Waals surface area contributed by atoms with Crippen molar-refractivity contribution in [1.29, 1.82) is 0 Å². The minimum absolute atomic E-state index is 0.0757. The fourth-order valence-corrected chi connectivity index (χ4v) is 4.56. The molecule has 0 saturated carbocycles. The quantitative estimate of drug-likeness (QED) is 0.532. The molecule has 0 aromatic rings. The summed E-state index contributed by atoms with van der Waals surface area (Å²) in [5.74, 6) is -1.21. The highest BCUT2D eigenvalue weighted by Gasteiger charge is 2.51. The first-order valence-corrected chi connectivity index (χ1v) is 11.6. The minimum Gasteiger partial charge on any atom is -0.396 e. The van der Waals surface area contributed by atoms with Crippen molar-refractivity contribution in [3.05, 3.63) is 0 Å². The van der Waals surface area contributed by atoms with Crippen molar-refractivity contribution in [3.8, 4) is 0 Å². The van der Waals surface area contributed by atoms with Gasteiger partial charge in [-0.05, 0) is 25.7 Å². The number of aliphatic hydroxyl groups excluding tert-OH is 2. The van der Waals surface area contributed by atoms with Crippen LogP contribution in [0.3, 0.4) is 0 Å². The lowest BCUT2D eigenvalue weighted by Gasteiger charge is -2.52. The van der Waals surface area contributed by atoms with Gasteiger partial charge in [0.2, 0.25) is 0 Å². The molecule has 0 unspecified atom stereocenters. The second kappa shape index (κ2) is 10.4. The Hall–Kier alpha value is -0.240. The van der Waals surface area contributed by atoms with Crippen molar-refractivity contribution in [3.63, 3.8) is 0 Å². The van der Waals surface area contributed by atoms with Crippen LogP contribution < -0.4 is 0 Å². The fraction of sp³-hybridized carbons (Fsp3) is 1.00. The van der Waals surface area contributed by atoms with E-state index in [0.29, 0.717) is 32.8 Å². The lowest BCUT2D eigenvalue weighted by atomic mass is 9.80. The summed E-state index contributed by atoms with van der Waals surface area (Å²) < 4.78 is 25.5. The summed E-state index contributed by atoms with van der Waals surface area (Å²) >= 11 is 0. The summed E-state index contributed by atoms with van der Waals surface area (Å²) in [5.41, 5.74) is -0.612. The lowest BCUT2D eigenvalue weighted by Crippen LogP contribution is -2.57. The molecule has 2 N–H and O–H groups in total. The number of hydrogen-bond acceptors (Lipinski definition) is 6. The molecule has 2 aliphatic rings. The first kappa shape index (κ1) is 25.0. The first-order chi connectivity index (χ1) is 13.9. The largest absolute Gasteiger partial charge is 0.396 e. The van der Waals surface area contributed by atoms with Gasteiger partial charge >= 0.3 is 0 Å². The van der Waals surface area contributed by atoms with Gasteiger partial charge in [0.05, 0.1) is 39.6 Å². The SMILES string of the molecule is CCCC1(C[C@H](CC)C2(CC)OCC(CC)(CO)CO2)OCC(CC)(CO)CO1. The van der Waals surface area contributed by atoms with Crippen LogP contribution in [0.5, 0.6) is 0 Å². The molecule has 2 aliphatic heterocycles. The second-order valence-corrected chi connectivity index (χ2v) is 9.31. The van der Waals surface area contributed by atoms with Crippen molar-refractivity contribution >= 4 is 0 Å². The third-order valence-electron chi connectivity index (χ3n) is 7.49. The van der Waals surface area contributed by atoms with Gasteiger partial charge in [0, 0.05) is 29.6 Å². The zero-order chi connectivity index (χ0) is 21.6. The molecule has 0 radical (unpaired) electrons. The van der Waals surface area contributed by atoms with Crippen LogP contribution in [-0.4, -0.2) is 61.4 Å². The number of hydrogen-bond donors (Lipinski definition) is 2. The molecule has 0 aromatic heterocycles. The summed E-state index contributed by atoms with van der Waals surface area (Å²) in [6.45, 7) is 12.7. The van der Waals surface area contributed by atoms with Gasteiger partial charge in [-0.15, -0.1) is 0 Å². The molecular weight excluding hydrogens is 372 g/mol. The molecule has 0 spiro atoms. The van der Waals surface area contributed by atoms with E-state index >= 15 is 0 Å². The summed E-state index contributed by atoms with van der Waals surface area (Å²) in [6, 6.07) is 0. The molecule has 2 heterocycles. The van der Waals surface area contributed by atoms with E-state index in [4.69, 9.17) is 18.9 Å². The predicted molar refractivity (Wildman–Crippen MR) is 112 cm³/mol. The molecule has 0 aliphatic carbocycles. The van der Waals surface area contributed by atoms with Gasteiger partial charge in [-0.3, -0.25) is 0 Å². The smallest absolute Gasteiger partial charge is 0.171 e. The molecule has 0 amide bonds. The maximum absolute atomic E-state index is 9.83. The third kappa shape index (κ3) is 5.16. The number of aliphatic hydroxyl groups is 2. The summed E-state index contributed by atoms with van der Waals surface area (Å²) in [5, 5.41) is 19.7. The van der Waals surface area contributed by atoms with Crippen molar-refractivity contribution in [2.75, 3.05) is 39.6 Å². The van der Waals surface area contributed by atoms with E-state index in [1.807, 2.05) is 0 Å². The number of rotatable bonds is 11. The van der Waals surface area contributed by atoms with Crippen LogP contribution in [0.25, 0.3) is 0 Å². The molecule has 1 atom stereocenters. The van der Waals surface area contributed by atoms with E-state index in [2.05, 4.69) is 34.6 Å². The van der Waals surface area contributed by atoms with Gasteiger partial charge in [-0.2, -0.15) is 0 Å². The fourth-order valence-electron chi connectivity index (χ4n) is 4.56. The van der Waals surface area contributed by atoms with Gasteiger partial charge in [-0.25, -0.2) is 0 Å². The maximum atomic E-state index is 9.83. The van der Waals surface area contributed by atoms with E-state index in [-0.39, 0.29) is 30.0 Å². The molecule has 2 rings (SSSR count). The zero-order valence-electron chi connectivity index (χ0n) is 19.3. The van der Waals surface area contributed by atoms with Gasteiger partial charge in [-0.1, -0.05) is 41.0 Å². The molecule has 172 valence electrons. The monoisotopic (exact) mass is 416 g/mol. The van der Waals surface area contributed by atoms with Crippen molar-refractivity contribution < 1.29 is 29.2 Å². The zero-order valence-corrected chi connectivity index (χ0v) is 19.3. The van der Waals surface area contributed by atoms with Crippen LogP contribution in [0.15, 0.2) is 0 Å². The Morgan fingerprint density at radius 1 is 0.724 bits per heavy atom. The average Bonchev–Trinajstić information content (AvgIpc) is 2.79. The average molecular weight is 417 g/mol. The molecule has 0 aromatic carbocycles. The van der Waals surface area contributed by atoms with Gasteiger partial charge in [0.15, 0.2) is 11.6 Å². The highest BCUT2D eigenvalue weighted by atomic mass is 16.7. The molecule has 0 bridgehead atoms.